The van der Waals surface area contributed by atoms with Crippen molar-refractivity contribution in [3.05, 3.63) is 12.2 Å². The molecule has 1 N–H and O–H groups in total. The summed E-state index contributed by atoms with van der Waals surface area (Å²) in [5.74, 6) is 0.773. The SMILES string of the molecule is C=C1CCCC1CNC. The molecule has 52 valence electrons. The van der Waals surface area contributed by atoms with Crippen molar-refractivity contribution in [2.75, 3.05) is 13.6 Å². The lowest BCUT2D eigenvalue weighted by atomic mass is 10.1. The van der Waals surface area contributed by atoms with Crippen molar-refractivity contribution in [3.8, 4) is 0 Å². The van der Waals surface area contributed by atoms with Gasteiger partial charge in [-0.05, 0) is 32.2 Å². The molecule has 1 aliphatic carbocycles. The first-order valence-corrected chi connectivity index (χ1v) is 3.67. The summed E-state index contributed by atoms with van der Waals surface area (Å²) in [4.78, 5) is 0. The molecule has 1 atom stereocenters. The van der Waals surface area contributed by atoms with Gasteiger partial charge in [-0.2, -0.15) is 0 Å². The van der Waals surface area contributed by atoms with Crippen LogP contribution in [0.2, 0.25) is 0 Å². The molecule has 0 amide bonds. The first-order valence-electron chi connectivity index (χ1n) is 3.67. The summed E-state index contributed by atoms with van der Waals surface area (Å²) in [7, 11) is 2.01. The van der Waals surface area contributed by atoms with Crippen molar-refractivity contribution in [2.45, 2.75) is 19.3 Å². The third kappa shape index (κ3) is 1.55. The van der Waals surface area contributed by atoms with E-state index in [1.54, 1.807) is 0 Å². The average Bonchev–Trinajstić information content (AvgIpc) is 2.18. The maximum atomic E-state index is 4.01. The molecule has 0 aromatic heterocycles. The summed E-state index contributed by atoms with van der Waals surface area (Å²) in [6, 6.07) is 0. The summed E-state index contributed by atoms with van der Waals surface area (Å²) in [6.07, 6.45) is 3.96. The number of hydrogen-bond acceptors (Lipinski definition) is 1. The van der Waals surface area contributed by atoms with Crippen molar-refractivity contribution in [1.82, 2.24) is 5.32 Å². The quantitative estimate of drug-likeness (QED) is 0.552. The van der Waals surface area contributed by atoms with Crippen molar-refractivity contribution in [1.29, 1.82) is 0 Å². The van der Waals surface area contributed by atoms with Crippen LogP contribution in [-0.4, -0.2) is 13.6 Å². The van der Waals surface area contributed by atoms with Crippen LogP contribution in [0.1, 0.15) is 19.3 Å². The number of rotatable bonds is 2. The Labute approximate surface area is 57.1 Å². The van der Waals surface area contributed by atoms with Crippen LogP contribution in [0.25, 0.3) is 0 Å². The van der Waals surface area contributed by atoms with Gasteiger partial charge in [0.2, 0.25) is 0 Å². The molecule has 1 aliphatic rings. The highest BCUT2D eigenvalue weighted by molar-refractivity contribution is 5.06. The Hall–Kier alpha value is -0.300. The molecule has 1 unspecified atom stereocenters. The summed E-state index contributed by atoms with van der Waals surface area (Å²) in [5, 5.41) is 3.18. The second-order valence-corrected chi connectivity index (χ2v) is 2.81. The lowest BCUT2D eigenvalue weighted by molar-refractivity contribution is 0.582. The van der Waals surface area contributed by atoms with Gasteiger partial charge < -0.3 is 5.32 Å². The predicted molar refractivity (Wildman–Crippen MR) is 40.4 cm³/mol. The zero-order chi connectivity index (χ0) is 6.69. The van der Waals surface area contributed by atoms with Gasteiger partial charge in [0.05, 0.1) is 0 Å². The van der Waals surface area contributed by atoms with Gasteiger partial charge in [0.15, 0.2) is 0 Å². The van der Waals surface area contributed by atoms with Gasteiger partial charge in [0.25, 0.3) is 0 Å². The topological polar surface area (TPSA) is 12.0 Å². The number of hydrogen-bond donors (Lipinski definition) is 1. The van der Waals surface area contributed by atoms with E-state index >= 15 is 0 Å². The van der Waals surface area contributed by atoms with Gasteiger partial charge in [-0.3, -0.25) is 0 Å². The van der Waals surface area contributed by atoms with Gasteiger partial charge in [-0.25, -0.2) is 0 Å². The molecule has 1 saturated carbocycles. The maximum absolute atomic E-state index is 4.01. The monoisotopic (exact) mass is 125 g/mol. The molecule has 0 bridgehead atoms. The summed E-state index contributed by atoms with van der Waals surface area (Å²) in [5.41, 5.74) is 1.45. The lowest BCUT2D eigenvalue weighted by Gasteiger charge is -2.08. The van der Waals surface area contributed by atoms with E-state index in [0.29, 0.717) is 0 Å². The zero-order valence-electron chi connectivity index (χ0n) is 6.11. The van der Waals surface area contributed by atoms with Crippen LogP contribution < -0.4 is 5.32 Å². The standard InChI is InChI=1S/C8H15N/c1-7-4-3-5-8(7)6-9-2/h8-9H,1,3-6H2,2H3. The third-order valence-corrected chi connectivity index (χ3v) is 2.08. The molecule has 0 aromatic rings. The van der Waals surface area contributed by atoms with Crippen molar-refractivity contribution >= 4 is 0 Å². The Morgan fingerprint density at radius 3 is 3.00 bits per heavy atom. The van der Waals surface area contributed by atoms with E-state index in [4.69, 9.17) is 0 Å². The summed E-state index contributed by atoms with van der Waals surface area (Å²) < 4.78 is 0. The van der Waals surface area contributed by atoms with Crippen LogP contribution in [0.15, 0.2) is 12.2 Å². The van der Waals surface area contributed by atoms with E-state index in [2.05, 4.69) is 11.9 Å². The Kier molecular flexibility index (Phi) is 2.29. The van der Waals surface area contributed by atoms with E-state index in [9.17, 15) is 0 Å². The Morgan fingerprint density at radius 2 is 2.56 bits per heavy atom. The van der Waals surface area contributed by atoms with Gasteiger partial charge in [0.1, 0.15) is 0 Å². The second-order valence-electron chi connectivity index (χ2n) is 2.81. The summed E-state index contributed by atoms with van der Waals surface area (Å²) in [6.45, 7) is 5.14. The van der Waals surface area contributed by atoms with Crippen molar-refractivity contribution < 1.29 is 0 Å². The predicted octanol–water partition coefficient (Wildman–Crippen LogP) is 1.56. The molecule has 0 saturated heterocycles. The van der Waals surface area contributed by atoms with Gasteiger partial charge >= 0.3 is 0 Å². The van der Waals surface area contributed by atoms with Crippen LogP contribution in [-0.2, 0) is 0 Å². The van der Waals surface area contributed by atoms with Crippen molar-refractivity contribution in [3.63, 3.8) is 0 Å². The van der Waals surface area contributed by atoms with Gasteiger partial charge in [-0.1, -0.05) is 12.2 Å². The molecule has 1 heteroatoms. The van der Waals surface area contributed by atoms with E-state index in [0.717, 1.165) is 12.5 Å². The number of nitrogens with one attached hydrogen (secondary N) is 1. The Morgan fingerprint density at radius 1 is 1.78 bits per heavy atom. The van der Waals surface area contributed by atoms with Gasteiger partial charge in [0, 0.05) is 6.54 Å². The minimum Gasteiger partial charge on any atom is -0.319 e. The minimum atomic E-state index is 0.773. The largest absolute Gasteiger partial charge is 0.319 e. The van der Waals surface area contributed by atoms with Crippen LogP contribution in [0, 0.1) is 5.92 Å². The maximum Gasteiger partial charge on any atom is 0.00137 e. The molecule has 1 rings (SSSR count). The molecule has 1 fully saturated rings. The molecule has 0 radical (unpaired) electrons. The minimum absolute atomic E-state index is 0.773. The van der Waals surface area contributed by atoms with Crippen molar-refractivity contribution in [2.24, 2.45) is 5.92 Å². The van der Waals surface area contributed by atoms with Gasteiger partial charge in [-0.15, -0.1) is 0 Å². The highest BCUT2D eigenvalue weighted by Crippen LogP contribution is 2.28. The van der Waals surface area contributed by atoms with E-state index in [1.807, 2.05) is 7.05 Å². The molecule has 0 aromatic carbocycles. The molecular formula is C8H15N. The normalized spacial score (nSPS) is 27.2. The lowest BCUT2D eigenvalue weighted by Crippen LogP contribution is -2.16. The average molecular weight is 125 g/mol. The third-order valence-electron chi connectivity index (χ3n) is 2.08. The molecule has 0 spiro atoms. The van der Waals surface area contributed by atoms with Crippen LogP contribution in [0.5, 0.6) is 0 Å². The summed E-state index contributed by atoms with van der Waals surface area (Å²) >= 11 is 0. The van der Waals surface area contributed by atoms with Crippen LogP contribution >= 0.6 is 0 Å². The fourth-order valence-corrected chi connectivity index (χ4v) is 1.48. The Balaban J connectivity index is 2.31. The highest BCUT2D eigenvalue weighted by Gasteiger charge is 2.17. The fraction of sp³-hybridized carbons (Fsp3) is 0.750. The second kappa shape index (κ2) is 3.02. The van der Waals surface area contributed by atoms with E-state index < -0.39 is 0 Å². The zero-order valence-corrected chi connectivity index (χ0v) is 6.11. The smallest absolute Gasteiger partial charge is 0.00137 e. The van der Waals surface area contributed by atoms with E-state index in [1.165, 1.54) is 24.8 Å². The Bertz CT molecular complexity index is 107. The highest BCUT2D eigenvalue weighted by atomic mass is 14.8. The van der Waals surface area contributed by atoms with Crippen LogP contribution in [0.4, 0.5) is 0 Å². The molecule has 9 heavy (non-hydrogen) atoms. The van der Waals surface area contributed by atoms with E-state index in [-0.39, 0.29) is 0 Å². The first kappa shape index (κ1) is 6.81. The molecule has 0 heterocycles. The van der Waals surface area contributed by atoms with Crippen LogP contribution in [0.3, 0.4) is 0 Å². The molecular weight excluding hydrogens is 110 g/mol. The molecule has 0 aliphatic heterocycles. The fourth-order valence-electron chi connectivity index (χ4n) is 1.48. The molecule has 1 nitrogen and oxygen atoms in total. The first-order chi connectivity index (χ1) is 4.34.